The van der Waals surface area contributed by atoms with Gasteiger partial charge in [-0.15, -0.1) is 0 Å². The lowest BCUT2D eigenvalue weighted by molar-refractivity contribution is 0.0790. The van der Waals surface area contributed by atoms with Gasteiger partial charge in [-0.25, -0.2) is 4.98 Å². The summed E-state index contributed by atoms with van der Waals surface area (Å²) in [6, 6.07) is 5.99. The highest BCUT2D eigenvalue weighted by atomic mass is 35.5. The van der Waals surface area contributed by atoms with Crippen LogP contribution in [0.15, 0.2) is 18.2 Å². The number of imidazole rings is 1. The number of nitrogens with one attached hydrogen (secondary N) is 2. The second-order valence-electron chi connectivity index (χ2n) is 5.43. The highest BCUT2D eigenvalue weighted by molar-refractivity contribution is 6.35. The van der Waals surface area contributed by atoms with E-state index in [0.717, 1.165) is 22.4 Å². The van der Waals surface area contributed by atoms with Crippen molar-refractivity contribution in [3.63, 3.8) is 0 Å². The summed E-state index contributed by atoms with van der Waals surface area (Å²) in [6.07, 6.45) is 0.609. The molecule has 2 aromatic heterocycles. The number of rotatable bonds is 4. The number of benzene rings is 1. The van der Waals surface area contributed by atoms with Gasteiger partial charge >= 0.3 is 0 Å². The molecule has 0 fully saturated rings. The Morgan fingerprint density at radius 2 is 2.22 bits per heavy atom. The minimum absolute atomic E-state index is 0.121. The Hall–Kier alpha value is -2.54. The lowest BCUT2D eigenvalue weighted by Crippen LogP contribution is -2.29. The summed E-state index contributed by atoms with van der Waals surface area (Å²) in [5.41, 5.74) is 8.82. The predicted octanol–water partition coefficient (Wildman–Crippen LogP) is 2.14. The lowest BCUT2D eigenvalue weighted by Gasteiger charge is -2.15. The SMILES string of the molecule is Cc1cccc2[nH]c(CCN(C)C(=O)c3[nH]nc(N)c3Cl)nc12. The molecule has 8 heteroatoms. The van der Waals surface area contributed by atoms with Gasteiger partial charge in [0.25, 0.3) is 5.91 Å². The number of hydrogen-bond donors (Lipinski definition) is 3. The van der Waals surface area contributed by atoms with Crippen LogP contribution >= 0.6 is 11.6 Å². The number of halogens is 1. The molecule has 0 spiro atoms. The molecule has 3 aromatic rings. The third-order valence-corrected chi connectivity index (χ3v) is 4.12. The maximum absolute atomic E-state index is 12.3. The fourth-order valence-corrected chi connectivity index (χ4v) is 2.56. The zero-order chi connectivity index (χ0) is 16.6. The number of amides is 1. The van der Waals surface area contributed by atoms with Gasteiger partial charge in [0.2, 0.25) is 0 Å². The van der Waals surface area contributed by atoms with E-state index in [2.05, 4.69) is 20.2 Å². The summed E-state index contributed by atoms with van der Waals surface area (Å²) in [6.45, 7) is 2.51. The highest BCUT2D eigenvalue weighted by Crippen LogP contribution is 2.21. The van der Waals surface area contributed by atoms with Gasteiger partial charge in [-0.1, -0.05) is 23.7 Å². The average Bonchev–Trinajstić information content (AvgIpc) is 3.09. The third-order valence-electron chi connectivity index (χ3n) is 3.74. The smallest absolute Gasteiger partial charge is 0.273 e. The fourth-order valence-electron chi connectivity index (χ4n) is 2.40. The number of aromatic nitrogens is 4. The highest BCUT2D eigenvalue weighted by Gasteiger charge is 2.20. The van der Waals surface area contributed by atoms with Crippen LogP contribution in [0.3, 0.4) is 0 Å². The van der Waals surface area contributed by atoms with Crippen LogP contribution in [0.4, 0.5) is 5.82 Å². The van der Waals surface area contributed by atoms with Gasteiger partial charge in [-0.2, -0.15) is 5.10 Å². The van der Waals surface area contributed by atoms with Crippen molar-refractivity contribution < 1.29 is 4.79 Å². The van der Waals surface area contributed by atoms with E-state index >= 15 is 0 Å². The summed E-state index contributed by atoms with van der Waals surface area (Å²) in [5.74, 6) is 0.701. The first-order valence-electron chi connectivity index (χ1n) is 7.16. The molecule has 7 nitrogen and oxygen atoms in total. The molecule has 23 heavy (non-hydrogen) atoms. The standard InChI is InChI=1S/C15H17ClN6O/c1-8-4-3-5-9-12(8)19-10(18-9)6-7-22(2)15(23)13-11(16)14(17)21-20-13/h3-5H,6-7H2,1-2H3,(H,18,19)(H3,17,20,21). The van der Waals surface area contributed by atoms with Crippen LogP contribution in [0.1, 0.15) is 21.9 Å². The minimum Gasteiger partial charge on any atom is -0.381 e. The topological polar surface area (TPSA) is 104 Å². The van der Waals surface area contributed by atoms with Crippen LogP contribution in [0.5, 0.6) is 0 Å². The van der Waals surface area contributed by atoms with E-state index in [1.165, 1.54) is 0 Å². The number of nitrogen functional groups attached to an aromatic ring is 1. The Balaban J connectivity index is 1.70. The first kappa shape index (κ1) is 15.4. The quantitative estimate of drug-likeness (QED) is 0.681. The lowest BCUT2D eigenvalue weighted by atomic mass is 10.2. The van der Waals surface area contributed by atoms with Gasteiger partial charge in [0, 0.05) is 20.0 Å². The normalized spacial score (nSPS) is 11.1. The predicted molar refractivity (Wildman–Crippen MR) is 89.5 cm³/mol. The minimum atomic E-state index is -0.258. The number of likely N-dealkylation sites (N-methyl/N-ethyl adjacent to an activating group) is 1. The summed E-state index contributed by atoms with van der Waals surface area (Å²) >= 11 is 5.95. The number of H-pyrrole nitrogens is 2. The molecule has 3 rings (SSSR count). The summed E-state index contributed by atoms with van der Waals surface area (Å²) in [7, 11) is 1.70. The number of nitrogens with zero attached hydrogens (tertiary/aromatic N) is 3. The van der Waals surface area contributed by atoms with Crippen molar-refractivity contribution in [2.24, 2.45) is 0 Å². The number of aryl methyl sites for hydroxylation is 1. The van der Waals surface area contributed by atoms with Crippen molar-refractivity contribution in [1.82, 2.24) is 25.1 Å². The molecular formula is C15H17ClN6O. The van der Waals surface area contributed by atoms with Crippen LogP contribution in [-0.2, 0) is 6.42 Å². The maximum Gasteiger partial charge on any atom is 0.273 e. The van der Waals surface area contributed by atoms with Gasteiger partial charge in [0.05, 0.1) is 11.0 Å². The van der Waals surface area contributed by atoms with E-state index in [1.54, 1.807) is 11.9 Å². The van der Waals surface area contributed by atoms with Crippen molar-refractivity contribution in [3.8, 4) is 0 Å². The first-order chi connectivity index (χ1) is 11.0. The maximum atomic E-state index is 12.3. The van der Waals surface area contributed by atoms with Gasteiger partial charge in [0.1, 0.15) is 16.5 Å². The van der Waals surface area contributed by atoms with Crippen LogP contribution < -0.4 is 5.73 Å². The Labute approximate surface area is 137 Å². The average molecular weight is 333 g/mol. The monoisotopic (exact) mass is 332 g/mol. The van der Waals surface area contributed by atoms with E-state index in [4.69, 9.17) is 17.3 Å². The molecule has 120 valence electrons. The van der Waals surface area contributed by atoms with Gasteiger partial charge < -0.3 is 15.6 Å². The molecule has 0 aliphatic rings. The number of carbonyl (C=O) groups is 1. The van der Waals surface area contributed by atoms with Gasteiger partial charge in [0.15, 0.2) is 5.82 Å². The first-order valence-corrected chi connectivity index (χ1v) is 7.54. The molecule has 1 aromatic carbocycles. The zero-order valence-corrected chi connectivity index (χ0v) is 13.6. The largest absolute Gasteiger partial charge is 0.381 e. The van der Waals surface area contributed by atoms with E-state index in [-0.39, 0.29) is 22.4 Å². The number of nitrogens with two attached hydrogens (primary N) is 1. The molecule has 0 aliphatic heterocycles. The summed E-state index contributed by atoms with van der Waals surface area (Å²) in [5, 5.41) is 6.45. The Kier molecular flexibility index (Phi) is 3.96. The molecule has 0 radical (unpaired) electrons. The zero-order valence-electron chi connectivity index (χ0n) is 12.9. The Bertz CT molecular complexity index is 868. The molecule has 0 saturated carbocycles. The van der Waals surface area contributed by atoms with Gasteiger partial charge in [-0.3, -0.25) is 9.89 Å². The molecule has 1 amide bonds. The number of fused-ring (bicyclic) bond motifs is 1. The van der Waals surface area contributed by atoms with E-state index in [1.807, 2.05) is 25.1 Å². The molecule has 0 unspecified atom stereocenters. The molecule has 2 heterocycles. The second kappa shape index (κ2) is 5.92. The van der Waals surface area contributed by atoms with E-state index in [0.29, 0.717) is 13.0 Å². The van der Waals surface area contributed by atoms with E-state index < -0.39 is 0 Å². The Morgan fingerprint density at radius 1 is 1.43 bits per heavy atom. The van der Waals surface area contributed by atoms with Crippen molar-refractivity contribution in [3.05, 3.63) is 40.3 Å². The molecule has 0 saturated heterocycles. The number of carbonyl (C=O) groups excluding carboxylic acids is 1. The van der Waals surface area contributed by atoms with Crippen LogP contribution in [0.25, 0.3) is 11.0 Å². The fraction of sp³-hybridized carbons (Fsp3) is 0.267. The molecule has 0 bridgehead atoms. The molecular weight excluding hydrogens is 316 g/mol. The molecule has 0 atom stereocenters. The molecule has 0 aliphatic carbocycles. The van der Waals surface area contributed by atoms with Crippen LogP contribution in [0, 0.1) is 6.92 Å². The number of anilines is 1. The van der Waals surface area contributed by atoms with E-state index in [9.17, 15) is 4.79 Å². The third kappa shape index (κ3) is 2.87. The summed E-state index contributed by atoms with van der Waals surface area (Å²) < 4.78 is 0. The number of hydrogen-bond acceptors (Lipinski definition) is 4. The Morgan fingerprint density at radius 3 is 2.87 bits per heavy atom. The van der Waals surface area contributed by atoms with Crippen LogP contribution in [-0.4, -0.2) is 44.6 Å². The van der Waals surface area contributed by atoms with Crippen molar-refractivity contribution in [2.75, 3.05) is 19.3 Å². The summed E-state index contributed by atoms with van der Waals surface area (Å²) in [4.78, 5) is 21.7. The van der Waals surface area contributed by atoms with Crippen molar-refractivity contribution in [2.45, 2.75) is 13.3 Å². The van der Waals surface area contributed by atoms with Crippen molar-refractivity contribution in [1.29, 1.82) is 0 Å². The second-order valence-corrected chi connectivity index (χ2v) is 5.81. The van der Waals surface area contributed by atoms with Crippen molar-refractivity contribution >= 4 is 34.4 Å². The number of para-hydroxylation sites is 1. The molecule has 4 N–H and O–H groups in total. The van der Waals surface area contributed by atoms with Crippen LogP contribution in [0.2, 0.25) is 5.02 Å². The number of aromatic amines is 2. The van der Waals surface area contributed by atoms with Gasteiger partial charge in [-0.05, 0) is 18.6 Å².